The fraction of sp³-hybridized carbons (Fsp3) is 0.429. The number of amides is 1. The van der Waals surface area contributed by atoms with Crippen molar-refractivity contribution in [2.45, 2.75) is 37.7 Å². The summed E-state index contributed by atoms with van der Waals surface area (Å²) in [5.74, 6) is -1.12. The number of hydrogen-bond acceptors (Lipinski definition) is 3. The molecule has 104 valence electrons. The van der Waals surface area contributed by atoms with Crippen LogP contribution in [0.2, 0.25) is 0 Å². The highest BCUT2D eigenvalue weighted by atomic mass is 32.2. The molecule has 0 spiro atoms. The maximum Gasteiger partial charge on any atom is 0.319 e. The van der Waals surface area contributed by atoms with Crippen molar-refractivity contribution in [3.63, 3.8) is 0 Å². The van der Waals surface area contributed by atoms with Crippen LogP contribution in [0.25, 0.3) is 0 Å². The highest BCUT2D eigenvalue weighted by Gasteiger charge is 2.32. The Kier molecular flexibility index (Phi) is 5.00. The van der Waals surface area contributed by atoms with Crippen molar-refractivity contribution < 1.29 is 14.7 Å². The minimum Gasteiger partial charge on any atom is -0.480 e. The smallest absolute Gasteiger partial charge is 0.319 e. The number of benzene rings is 1. The van der Waals surface area contributed by atoms with Crippen molar-refractivity contribution >= 4 is 29.3 Å². The second kappa shape index (κ2) is 6.10. The van der Waals surface area contributed by atoms with Crippen LogP contribution in [0.3, 0.4) is 0 Å². The molecule has 1 aromatic rings. The van der Waals surface area contributed by atoms with Gasteiger partial charge in [0.15, 0.2) is 0 Å². The number of anilines is 1. The van der Waals surface area contributed by atoms with Crippen LogP contribution in [0.1, 0.15) is 26.3 Å². The standard InChI is InChI=1S/C14H19NO3S/c1-9-5-7-11(8-6-9)15-12(16)10(2)19-14(3,4)13(17)18/h5-8,10H,1-4H3,(H,15,16)(H,17,18). The third kappa shape index (κ3) is 4.59. The van der Waals surface area contributed by atoms with Crippen LogP contribution < -0.4 is 5.32 Å². The van der Waals surface area contributed by atoms with Crippen LogP contribution >= 0.6 is 11.8 Å². The lowest BCUT2D eigenvalue weighted by Crippen LogP contribution is -2.33. The number of thioether (sulfide) groups is 1. The van der Waals surface area contributed by atoms with Crippen LogP contribution in [-0.4, -0.2) is 27.0 Å². The zero-order chi connectivity index (χ0) is 14.6. The molecule has 4 nitrogen and oxygen atoms in total. The topological polar surface area (TPSA) is 66.4 Å². The van der Waals surface area contributed by atoms with Gasteiger partial charge in [0.05, 0.1) is 5.25 Å². The Bertz CT molecular complexity index is 468. The molecule has 0 aliphatic carbocycles. The van der Waals surface area contributed by atoms with E-state index < -0.39 is 16.0 Å². The SMILES string of the molecule is Cc1ccc(NC(=O)C(C)SC(C)(C)C(=O)O)cc1. The molecular formula is C14H19NO3S. The molecule has 0 saturated carbocycles. The molecule has 0 aliphatic rings. The summed E-state index contributed by atoms with van der Waals surface area (Å²) in [5, 5.41) is 11.4. The molecule has 19 heavy (non-hydrogen) atoms. The van der Waals surface area contributed by atoms with E-state index in [0.29, 0.717) is 0 Å². The van der Waals surface area contributed by atoms with E-state index in [-0.39, 0.29) is 5.91 Å². The van der Waals surface area contributed by atoms with Crippen molar-refractivity contribution in [3.05, 3.63) is 29.8 Å². The van der Waals surface area contributed by atoms with Gasteiger partial charge in [-0.25, -0.2) is 0 Å². The molecule has 0 aromatic heterocycles. The number of hydrogen-bond donors (Lipinski definition) is 2. The van der Waals surface area contributed by atoms with Gasteiger partial charge in [0.25, 0.3) is 0 Å². The largest absolute Gasteiger partial charge is 0.480 e. The van der Waals surface area contributed by atoms with E-state index in [9.17, 15) is 9.59 Å². The molecule has 5 heteroatoms. The third-order valence-corrected chi connectivity index (χ3v) is 4.01. The second-order valence-corrected chi connectivity index (χ2v) is 6.89. The molecule has 2 N–H and O–H groups in total. The highest BCUT2D eigenvalue weighted by Crippen LogP contribution is 2.29. The summed E-state index contributed by atoms with van der Waals surface area (Å²) in [4.78, 5) is 23.0. The van der Waals surface area contributed by atoms with E-state index in [1.807, 2.05) is 31.2 Å². The predicted molar refractivity (Wildman–Crippen MR) is 78.6 cm³/mol. The third-order valence-electron chi connectivity index (χ3n) is 2.67. The number of aliphatic carboxylic acids is 1. The number of carbonyl (C=O) groups excluding carboxylic acids is 1. The van der Waals surface area contributed by atoms with E-state index in [1.54, 1.807) is 20.8 Å². The van der Waals surface area contributed by atoms with Gasteiger partial charge in [-0.3, -0.25) is 9.59 Å². The number of carbonyl (C=O) groups is 2. The highest BCUT2D eigenvalue weighted by molar-refractivity contribution is 8.02. The van der Waals surface area contributed by atoms with Crippen LogP contribution in [0, 0.1) is 6.92 Å². The van der Waals surface area contributed by atoms with Gasteiger partial charge in [0, 0.05) is 5.69 Å². The lowest BCUT2D eigenvalue weighted by atomic mass is 10.2. The molecule has 1 amide bonds. The number of carboxylic acid groups (broad SMARTS) is 1. The Morgan fingerprint density at radius 1 is 1.26 bits per heavy atom. The summed E-state index contributed by atoms with van der Waals surface area (Å²) in [6, 6.07) is 7.48. The Morgan fingerprint density at radius 3 is 2.26 bits per heavy atom. The molecule has 1 atom stereocenters. The molecular weight excluding hydrogens is 262 g/mol. The summed E-state index contributed by atoms with van der Waals surface area (Å²) in [6.45, 7) is 6.86. The second-order valence-electron chi connectivity index (χ2n) is 4.93. The molecule has 1 aromatic carbocycles. The van der Waals surface area contributed by atoms with E-state index >= 15 is 0 Å². The molecule has 0 heterocycles. The van der Waals surface area contributed by atoms with E-state index in [2.05, 4.69) is 5.32 Å². The van der Waals surface area contributed by atoms with Crippen molar-refractivity contribution in [2.75, 3.05) is 5.32 Å². The zero-order valence-corrected chi connectivity index (χ0v) is 12.4. The summed E-state index contributed by atoms with van der Waals surface area (Å²) < 4.78 is -0.982. The normalized spacial score (nSPS) is 12.8. The summed E-state index contributed by atoms with van der Waals surface area (Å²) >= 11 is 1.13. The van der Waals surface area contributed by atoms with Gasteiger partial charge in [0.2, 0.25) is 5.91 Å². The molecule has 1 unspecified atom stereocenters. The average Bonchev–Trinajstić information content (AvgIpc) is 2.31. The Balaban J connectivity index is 2.63. The van der Waals surface area contributed by atoms with Crippen molar-refractivity contribution in [1.29, 1.82) is 0 Å². The van der Waals surface area contributed by atoms with Gasteiger partial charge in [-0.1, -0.05) is 17.7 Å². The number of nitrogens with one attached hydrogen (secondary N) is 1. The summed E-state index contributed by atoms with van der Waals surface area (Å²) in [7, 11) is 0. The quantitative estimate of drug-likeness (QED) is 0.871. The zero-order valence-electron chi connectivity index (χ0n) is 11.6. The number of rotatable bonds is 5. The summed E-state index contributed by atoms with van der Waals surface area (Å²) in [5.41, 5.74) is 1.84. The molecule has 0 aliphatic heterocycles. The van der Waals surface area contributed by atoms with Crippen molar-refractivity contribution in [3.8, 4) is 0 Å². The average molecular weight is 281 g/mol. The molecule has 0 radical (unpaired) electrons. The van der Waals surface area contributed by atoms with Gasteiger partial charge in [-0.15, -0.1) is 11.8 Å². The van der Waals surface area contributed by atoms with E-state index in [4.69, 9.17) is 5.11 Å². The van der Waals surface area contributed by atoms with E-state index in [1.165, 1.54) is 0 Å². The minimum absolute atomic E-state index is 0.192. The number of aryl methyl sites for hydroxylation is 1. The van der Waals surface area contributed by atoms with Gasteiger partial charge in [0.1, 0.15) is 4.75 Å². The lowest BCUT2D eigenvalue weighted by molar-refractivity contribution is -0.138. The van der Waals surface area contributed by atoms with Gasteiger partial charge in [-0.05, 0) is 39.8 Å². The van der Waals surface area contributed by atoms with E-state index in [0.717, 1.165) is 23.0 Å². The van der Waals surface area contributed by atoms with Crippen LogP contribution in [0.4, 0.5) is 5.69 Å². The van der Waals surface area contributed by atoms with Crippen LogP contribution in [0.15, 0.2) is 24.3 Å². The minimum atomic E-state index is -0.982. The summed E-state index contributed by atoms with van der Waals surface area (Å²) in [6.07, 6.45) is 0. The molecule has 0 bridgehead atoms. The fourth-order valence-electron chi connectivity index (χ4n) is 1.43. The fourth-order valence-corrected chi connectivity index (χ4v) is 2.58. The van der Waals surface area contributed by atoms with Crippen molar-refractivity contribution in [2.24, 2.45) is 0 Å². The maximum absolute atomic E-state index is 12.0. The first kappa shape index (κ1) is 15.6. The van der Waals surface area contributed by atoms with Crippen molar-refractivity contribution in [1.82, 2.24) is 0 Å². The first-order valence-corrected chi connectivity index (χ1v) is 6.89. The maximum atomic E-state index is 12.0. The first-order valence-electron chi connectivity index (χ1n) is 6.01. The number of carboxylic acids is 1. The molecule has 0 saturated heterocycles. The molecule has 0 fully saturated rings. The predicted octanol–water partition coefficient (Wildman–Crippen LogP) is 2.92. The Labute approximate surface area is 117 Å². The Morgan fingerprint density at radius 2 is 1.79 bits per heavy atom. The Hall–Kier alpha value is -1.49. The van der Waals surface area contributed by atoms with Gasteiger partial charge >= 0.3 is 5.97 Å². The first-order chi connectivity index (χ1) is 8.72. The molecule has 1 rings (SSSR count). The van der Waals surface area contributed by atoms with Gasteiger partial charge in [-0.2, -0.15) is 0 Å². The monoisotopic (exact) mass is 281 g/mol. The van der Waals surface area contributed by atoms with Crippen LogP contribution in [0.5, 0.6) is 0 Å². The lowest BCUT2D eigenvalue weighted by Gasteiger charge is -2.22. The van der Waals surface area contributed by atoms with Gasteiger partial charge < -0.3 is 10.4 Å². The van der Waals surface area contributed by atoms with Crippen LogP contribution in [-0.2, 0) is 9.59 Å².